The molecule has 6 heteroatoms. The molecule has 1 heterocycles. The van der Waals surface area contributed by atoms with Crippen molar-refractivity contribution in [2.24, 2.45) is 0 Å². The number of nitrogens with zero attached hydrogens (tertiary/aromatic N) is 1. The number of methoxy groups -OCH3 is 1. The smallest absolute Gasteiger partial charge is 0.221 e. The fourth-order valence-corrected chi connectivity index (χ4v) is 3.28. The molecular formula is C15H18N2O2S2. The summed E-state index contributed by atoms with van der Waals surface area (Å²) in [5.74, 6) is 1.68. The molecule has 0 aliphatic rings. The van der Waals surface area contributed by atoms with E-state index in [1.54, 1.807) is 30.2 Å². The van der Waals surface area contributed by atoms with Crippen LogP contribution in [0.15, 0.2) is 35.4 Å². The molecule has 1 aromatic heterocycles. The summed E-state index contributed by atoms with van der Waals surface area (Å²) in [6, 6.07) is 7.85. The van der Waals surface area contributed by atoms with Crippen LogP contribution in [0.2, 0.25) is 0 Å². The minimum Gasteiger partial charge on any atom is -0.497 e. The van der Waals surface area contributed by atoms with E-state index in [4.69, 9.17) is 4.74 Å². The molecule has 2 rings (SSSR count). The van der Waals surface area contributed by atoms with E-state index in [2.05, 4.69) is 10.3 Å². The van der Waals surface area contributed by atoms with E-state index in [-0.39, 0.29) is 5.91 Å². The van der Waals surface area contributed by atoms with Crippen LogP contribution < -0.4 is 10.1 Å². The third-order valence-electron chi connectivity index (χ3n) is 2.79. The first-order valence-corrected chi connectivity index (χ1v) is 8.42. The van der Waals surface area contributed by atoms with Gasteiger partial charge in [-0.25, -0.2) is 4.98 Å². The summed E-state index contributed by atoms with van der Waals surface area (Å²) in [4.78, 5) is 18.1. The highest BCUT2D eigenvalue weighted by Crippen LogP contribution is 2.21. The first-order valence-electron chi connectivity index (χ1n) is 6.62. The van der Waals surface area contributed by atoms with Crippen molar-refractivity contribution in [2.75, 3.05) is 12.9 Å². The maximum absolute atomic E-state index is 11.8. The molecule has 0 spiro atoms. The zero-order valence-electron chi connectivity index (χ0n) is 12.1. The number of carbonyl (C=O) groups is 1. The second-order valence-corrected chi connectivity index (χ2v) is 6.88. The van der Waals surface area contributed by atoms with Crippen LogP contribution in [0, 0.1) is 6.92 Å². The molecule has 0 unspecified atom stereocenters. The fourth-order valence-electron chi connectivity index (χ4n) is 1.69. The standard InChI is InChI=1S/C15H18N2O2S2/c1-11-16-9-14(21-11)10-17-15(18)7-8-20-13-5-3-12(19-2)4-6-13/h3-6,9H,7-8,10H2,1-2H3,(H,17,18). The molecule has 0 bridgehead atoms. The average Bonchev–Trinajstić information content (AvgIpc) is 2.91. The molecule has 0 radical (unpaired) electrons. The van der Waals surface area contributed by atoms with Gasteiger partial charge in [-0.05, 0) is 31.2 Å². The third-order valence-corrected chi connectivity index (χ3v) is 4.71. The highest BCUT2D eigenvalue weighted by molar-refractivity contribution is 7.99. The zero-order chi connectivity index (χ0) is 15.1. The number of nitrogens with one attached hydrogen (secondary N) is 1. The van der Waals surface area contributed by atoms with Crippen molar-refractivity contribution < 1.29 is 9.53 Å². The van der Waals surface area contributed by atoms with Crippen molar-refractivity contribution in [1.82, 2.24) is 10.3 Å². The van der Waals surface area contributed by atoms with Crippen LogP contribution >= 0.6 is 23.1 Å². The molecular weight excluding hydrogens is 304 g/mol. The largest absolute Gasteiger partial charge is 0.497 e. The van der Waals surface area contributed by atoms with Crippen molar-refractivity contribution >= 4 is 29.0 Å². The van der Waals surface area contributed by atoms with Gasteiger partial charge in [0, 0.05) is 28.1 Å². The lowest BCUT2D eigenvalue weighted by Gasteiger charge is -2.04. The quantitative estimate of drug-likeness (QED) is 0.795. The van der Waals surface area contributed by atoms with Gasteiger partial charge < -0.3 is 10.1 Å². The van der Waals surface area contributed by atoms with E-state index < -0.39 is 0 Å². The Morgan fingerprint density at radius 3 is 2.76 bits per heavy atom. The Hall–Kier alpha value is -1.53. The van der Waals surface area contributed by atoms with Crippen LogP contribution in [0.25, 0.3) is 0 Å². The second kappa shape index (κ2) is 8.05. The predicted molar refractivity (Wildman–Crippen MR) is 87.0 cm³/mol. The summed E-state index contributed by atoms with van der Waals surface area (Å²) in [6.45, 7) is 2.53. The summed E-state index contributed by atoms with van der Waals surface area (Å²) in [6.07, 6.45) is 2.32. The second-order valence-electron chi connectivity index (χ2n) is 4.40. The molecule has 0 aliphatic carbocycles. The number of benzene rings is 1. The Kier molecular flexibility index (Phi) is 6.07. The van der Waals surface area contributed by atoms with Crippen molar-refractivity contribution in [1.29, 1.82) is 0 Å². The van der Waals surface area contributed by atoms with Gasteiger partial charge in [-0.3, -0.25) is 4.79 Å². The van der Waals surface area contributed by atoms with Crippen molar-refractivity contribution in [3.05, 3.63) is 40.3 Å². The summed E-state index contributed by atoms with van der Waals surface area (Å²) >= 11 is 3.28. The van der Waals surface area contributed by atoms with Gasteiger partial charge in [-0.15, -0.1) is 23.1 Å². The molecule has 0 aliphatic heterocycles. The van der Waals surface area contributed by atoms with Crippen LogP contribution in [0.4, 0.5) is 0 Å². The fraction of sp³-hybridized carbons (Fsp3) is 0.333. The van der Waals surface area contributed by atoms with E-state index in [0.717, 1.165) is 26.3 Å². The van der Waals surface area contributed by atoms with Gasteiger partial charge in [-0.2, -0.15) is 0 Å². The predicted octanol–water partition coefficient (Wildman–Crippen LogP) is 3.26. The molecule has 4 nitrogen and oxygen atoms in total. The number of thioether (sulfide) groups is 1. The van der Waals surface area contributed by atoms with Crippen molar-refractivity contribution in [2.45, 2.75) is 24.8 Å². The Morgan fingerprint density at radius 2 is 2.14 bits per heavy atom. The number of carbonyl (C=O) groups excluding carboxylic acids is 1. The number of amides is 1. The number of ether oxygens (including phenoxy) is 1. The van der Waals surface area contributed by atoms with Crippen molar-refractivity contribution in [3.63, 3.8) is 0 Å². The molecule has 0 fully saturated rings. The van der Waals surface area contributed by atoms with E-state index in [1.807, 2.05) is 37.4 Å². The Morgan fingerprint density at radius 1 is 1.38 bits per heavy atom. The highest BCUT2D eigenvalue weighted by Gasteiger charge is 2.04. The summed E-state index contributed by atoms with van der Waals surface area (Å²) in [5.41, 5.74) is 0. The number of hydrogen-bond donors (Lipinski definition) is 1. The first-order chi connectivity index (χ1) is 10.2. The number of thiazole rings is 1. The van der Waals surface area contributed by atoms with Crippen LogP contribution in [-0.2, 0) is 11.3 Å². The number of aromatic nitrogens is 1. The summed E-state index contributed by atoms with van der Waals surface area (Å²) in [7, 11) is 1.65. The monoisotopic (exact) mass is 322 g/mol. The van der Waals surface area contributed by atoms with Crippen molar-refractivity contribution in [3.8, 4) is 5.75 Å². The molecule has 1 amide bonds. The highest BCUT2D eigenvalue weighted by atomic mass is 32.2. The Labute approximate surface area is 132 Å². The topological polar surface area (TPSA) is 51.2 Å². The minimum absolute atomic E-state index is 0.0714. The average molecular weight is 322 g/mol. The molecule has 0 saturated heterocycles. The molecule has 2 aromatic rings. The lowest BCUT2D eigenvalue weighted by atomic mass is 10.3. The minimum atomic E-state index is 0.0714. The van der Waals surface area contributed by atoms with Gasteiger partial charge in [0.25, 0.3) is 0 Å². The lowest BCUT2D eigenvalue weighted by Crippen LogP contribution is -2.22. The normalized spacial score (nSPS) is 10.4. The van der Waals surface area contributed by atoms with E-state index in [1.165, 1.54) is 0 Å². The van der Waals surface area contributed by atoms with Gasteiger partial charge in [0.1, 0.15) is 5.75 Å². The maximum Gasteiger partial charge on any atom is 0.221 e. The summed E-state index contributed by atoms with van der Waals surface area (Å²) < 4.78 is 5.11. The Balaban J connectivity index is 1.66. The van der Waals surface area contributed by atoms with Crippen LogP contribution in [0.3, 0.4) is 0 Å². The first kappa shape index (κ1) is 15.9. The van der Waals surface area contributed by atoms with E-state index in [9.17, 15) is 4.79 Å². The van der Waals surface area contributed by atoms with Gasteiger partial charge in [-0.1, -0.05) is 0 Å². The SMILES string of the molecule is COc1ccc(SCCC(=O)NCc2cnc(C)s2)cc1. The van der Waals surface area contributed by atoms with Crippen LogP contribution in [-0.4, -0.2) is 23.8 Å². The zero-order valence-corrected chi connectivity index (χ0v) is 13.7. The summed E-state index contributed by atoms with van der Waals surface area (Å²) in [5, 5.41) is 3.94. The molecule has 21 heavy (non-hydrogen) atoms. The molecule has 1 aromatic carbocycles. The lowest BCUT2D eigenvalue weighted by molar-refractivity contribution is -0.120. The van der Waals surface area contributed by atoms with Gasteiger partial charge >= 0.3 is 0 Å². The maximum atomic E-state index is 11.8. The van der Waals surface area contributed by atoms with Gasteiger partial charge in [0.2, 0.25) is 5.91 Å². The molecule has 0 atom stereocenters. The van der Waals surface area contributed by atoms with E-state index in [0.29, 0.717) is 13.0 Å². The molecule has 0 saturated carbocycles. The number of rotatable bonds is 7. The number of aryl methyl sites for hydroxylation is 1. The number of hydrogen-bond acceptors (Lipinski definition) is 5. The third kappa shape index (κ3) is 5.40. The van der Waals surface area contributed by atoms with Gasteiger partial charge in [0.05, 0.1) is 18.7 Å². The Bertz CT molecular complexity index is 582. The van der Waals surface area contributed by atoms with Crippen LogP contribution in [0.5, 0.6) is 5.75 Å². The molecule has 112 valence electrons. The van der Waals surface area contributed by atoms with E-state index >= 15 is 0 Å². The van der Waals surface area contributed by atoms with Gasteiger partial charge in [0.15, 0.2) is 0 Å². The van der Waals surface area contributed by atoms with Crippen LogP contribution in [0.1, 0.15) is 16.3 Å². The molecule has 1 N–H and O–H groups in total.